The van der Waals surface area contributed by atoms with E-state index in [1.54, 1.807) is 0 Å². The van der Waals surface area contributed by atoms with Crippen molar-refractivity contribution < 1.29 is 23.0 Å². The molecule has 2 bridgehead atoms. The Morgan fingerprint density at radius 3 is 2.42 bits per heavy atom. The fourth-order valence-corrected chi connectivity index (χ4v) is 3.03. The van der Waals surface area contributed by atoms with Gasteiger partial charge in [-0.15, -0.1) is 0 Å². The first-order valence-electron chi connectivity index (χ1n) is 6.19. The van der Waals surface area contributed by atoms with E-state index in [1.165, 1.54) is 0 Å². The van der Waals surface area contributed by atoms with E-state index in [1.807, 2.05) is 0 Å². The van der Waals surface area contributed by atoms with E-state index in [0.29, 0.717) is 19.3 Å². The average molecular weight is 273 g/mol. The van der Waals surface area contributed by atoms with Crippen LogP contribution in [-0.4, -0.2) is 30.4 Å². The summed E-state index contributed by atoms with van der Waals surface area (Å²) < 4.78 is 45.7. The molecule has 2 unspecified atom stereocenters. The van der Waals surface area contributed by atoms with Gasteiger partial charge >= 0.3 is 0 Å². The Hall–Kier alpha value is -1.11. The molecule has 0 saturated carbocycles. The highest BCUT2D eigenvalue weighted by Gasteiger charge is 2.44. The molecule has 2 aliphatic rings. The number of ether oxygens (including phenoxy) is 1. The summed E-state index contributed by atoms with van der Waals surface area (Å²) >= 11 is 0. The van der Waals surface area contributed by atoms with Crippen LogP contribution < -0.4 is 5.32 Å². The number of benzene rings is 1. The van der Waals surface area contributed by atoms with Crippen LogP contribution in [0.25, 0.3) is 0 Å². The Morgan fingerprint density at radius 2 is 1.79 bits per heavy atom. The van der Waals surface area contributed by atoms with Crippen molar-refractivity contribution in [1.29, 1.82) is 0 Å². The van der Waals surface area contributed by atoms with Gasteiger partial charge in [-0.2, -0.15) is 0 Å². The van der Waals surface area contributed by atoms with E-state index in [-0.39, 0.29) is 30.5 Å². The third kappa shape index (κ3) is 2.24. The maximum absolute atomic E-state index is 13.8. The topological polar surface area (TPSA) is 41.5 Å². The van der Waals surface area contributed by atoms with Gasteiger partial charge in [0.2, 0.25) is 0 Å². The Bertz CT molecular complexity index is 497. The quantitative estimate of drug-likeness (QED) is 0.761. The molecule has 2 saturated heterocycles. The van der Waals surface area contributed by atoms with E-state index < -0.39 is 23.1 Å². The first kappa shape index (κ1) is 12.9. The van der Waals surface area contributed by atoms with Crippen molar-refractivity contribution in [2.75, 3.05) is 13.2 Å². The van der Waals surface area contributed by atoms with Crippen molar-refractivity contribution in [3.8, 4) is 0 Å². The van der Waals surface area contributed by atoms with Gasteiger partial charge in [0.15, 0.2) is 11.6 Å². The molecule has 3 nitrogen and oxygen atoms in total. The number of fused-ring (bicyclic) bond motifs is 2. The molecule has 2 atom stereocenters. The molecule has 0 aromatic heterocycles. The van der Waals surface area contributed by atoms with Crippen LogP contribution in [0.1, 0.15) is 18.4 Å². The van der Waals surface area contributed by atoms with Gasteiger partial charge in [0, 0.05) is 23.7 Å². The summed E-state index contributed by atoms with van der Waals surface area (Å²) in [5, 5.41) is 13.8. The summed E-state index contributed by atoms with van der Waals surface area (Å²) in [5.41, 5.74) is -1.86. The zero-order chi connectivity index (χ0) is 13.6. The lowest BCUT2D eigenvalue weighted by Gasteiger charge is -2.45. The SMILES string of the molecule is OC1(c2cc(F)cc(F)c2F)CC2COCC(C1)N2. The van der Waals surface area contributed by atoms with Gasteiger partial charge in [-0.05, 0) is 18.9 Å². The highest BCUT2D eigenvalue weighted by molar-refractivity contribution is 5.28. The van der Waals surface area contributed by atoms with Crippen LogP contribution in [0.3, 0.4) is 0 Å². The minimum atomic E-state index is -1.56. The molecule has 1 aromatic carbocycles. The lowest BCUT2D eigenvalue weighted by Crippen LogP contribution is -2.58. The van der Waals surface area contributed by atoms with Crippen molar-refractivity contribution in [3.63, 3.8) is 0 Å². The largest absolute Gasteiger partial charge is 0.385 e. The second kappa shape index (κ2) is 4.47. The van der Waals surface area contributed by atoms with Gasteiger partial charge in [0.05, 0.1) is 18.8 Å². The smallest absolute Gasteiger partial charge is 0.165 e. The summed E-state index contributed by atoms with van der Waals surface area (Å²) in [6.45, 7) is 0.802. The second-order valence-corrected chi connectivity index (χ2v) is 5.29. The zero-order valence-electron chi connectivity index (χ0n) is 10.1. The van der Waals surface area contributed by atoms with Crippen LogP contribution in [0.15, 0.2) is 12.1 Å². The third-order valence-corrected chi connectivity index (χ3v) is 3.77. The van der Waals surface area contributed by atoms with Crippen molar-refractivity contribution in [3.05, 3.63) is 35.1 Å². The summed E-state index contributed by atoms with van der Waals surface area (Å²) in [7, 11) is 0. The van der Waals surface area contributed by atoms with E-state index in [9.17, 15) is 18.3 Å². The molecule has 3 rings (SSSR count). The van der Waals surface area contributed by atoms with Gasteiger partial charge < -0.3 is 15.2 Å². The molecular weight excluding hydrogens is 259 g/mol. The highest BCUT2D eigenvalue weighted by atomic mass is 19.2. The first-order valence-corrected chi connectivity index (χ1v) is 6.19. The number of hydrogen-bond acceptors (Lipinski definition) is 3. The number of hydrogen-bond donors (Lipinski definition) is 2. The summed E-state index contributed by atoms with van der Waals surface area (Å²) in [6.07, 6.45) is 0.340. The lowest BCUT2D eigenvalue weighted by molar-refractivity contribution is -0.0821. The Labute approximate surface area is 108 Å². The van der Waals surface area contributed by atoms with Crippen LogP contribution in [0.4, 0.5) is 13.2 Å². The van der Waals surface area contributed by atoms with Crippen LogP contribution >= 0.6 is 0 Å². The fraction of sp³-hybridized carbons (Fsp3) is 0.538. The first-order chi connectivity index (χ1) is 8.98. The van der Waals surface area contributed by atoms with Crippen molar-refractivity contribution in [2.45, 2.75) is 30.5 Å². The minimum absolute atomic E-state index is 0.136. The molecule has 2 heterocycles. The Morgan fingerprint density at radius 1 is 1.16 bits per heavy atom. The molecule has 0 spiro atoms. The Balaban J connectivity index is 2.00. The van der Waals surface area contributed by atoms with Crippen LogP contribution in [-0.2, 0) is 10.3 Å². The number of morpholine rings is 1. The van der Waals surface area contributed by atoms with E-state index in [0.717, 1.165) is 6.07 Å². The van der Waals surface area contributed by atoms with E-state index >= 15 is 0 Å². The molecule has 0 amide bonds. The monoisotopic (exact) mass is 273 g/mol. The molecule has 1 aromatic rings. The maximum atomic E-state index is 13.8. The maximum Gasteiger partial charge on any atom is 0.165 e. The fourth-order valence-electron chi connectivity index (χ4n) is 3.03. The standard InChI is InChI=1S/C13H14F3NO2/c14-7-1-10(12(16)11(15)2-7)13(18)3-8-5-19-6-9(4-13)17-8/h1-2,8-9,17-18H,3-6H2. The van der Waals surface area contributed by atoms with Crippen molar-refractivity contribution in [2.24, 2.45) is 0 Å². The molecule has 0 aliphatic carbocycles. The molecule has 104 valence electrons. The van der Waals surface area contributed by atoms with E-state index in [2.05, 4.69) is 5.32 Å². The van der Waals surface area contributed by atoms with Crippen molar-refractivity contribution >= 4 is 0 Å². The zero-order valence-corrected chi connectivity index (χ0v) is 10.1. The molecule has 2 fully saturated rings. The van der Waals surface area contributed by atoms with Crippen molar-refractivity contribution in [1.82, 2.24) is 5.32 Å². The minimum Gasteiger partial charge on any atom is -0.385 e. The number of aliphatic hydroxyl groups is 1. The number of halogens is 3. The summed E-state index contributed by atoms with van der Waals surface area (Å²) in [6, 6.07) is 1.08. The molecular formula is C13H14F3NO2. The van der Waals surface area contributed by atoms with Gasteiger partial charge in [0.25, 0.3) is 0 Å². The van der Waals surface area contributed by atoms with Crippen LogP contribution in [0, 0.1) is 17.5 Å². The number of nitrogens with one attached hydrogen (secondary N) is 1. The van der Waals surface area contributed by atoms with E-state index in [4.69, 9.17) is 4.74 Å². The Kier molecular flexibility index (Phi) is 3.03. The normalized spacial score (nSPS) is 34.3. The highest BCUT2D eigenvalue weighted by Crippen LogP contribution is 2.38. The van der Waals surface area contributed by atoms with Crippen LogP contribution in [0.5, 0.6) is 0 Å². The predicted octanol–water partition coefficient (Wildman–Crippen LogP) is 1.44. The van der Waals surface area contributed by atoms with Gasteiger partial charge in [0.1, 0.15) is 5.82 Å². The van der Waals surface area contributed by atoms with Crippen LogP contribution in [0.2, 0.25) is 0 Å². The summed E-state index contributed by atoms with van der Waals surface area (Å²) in [5.74, 6) is -3.34. The second-order valence-electron chi connectivity index (χ2n) is 5.29. The number of rotatable bonds is 1. The summed E-state index contributed by atoms with van der Waals surface area (Å²) in [4.78, 5) is 0. The van der Waals surface area contributed by atoms with Gasteiger partial charge in [-0.1, -0.05) is 0 Å². The van der Waals surface area contributed by atoms with Gasteiger partial charge in [-0.25, -0.2) is 13.2 Å². The molecule has 2 aliphatic heterocycles. The van der Waals surface area contributed by atoms with Gasteiger partial charge in [-0.3, -0.25) is 0 Å². The molecule has 2 N–H and O–H groups in total. The predicted molar refractivity (Wildman–Crippen MR) is 61.0 cm³/mol. The molecule has 0 radical (unpaired) electrons. The lowest BCUT2D eigenvalue weighted by atomic mass is 9.78. The molecule has 19 heavy (non-hydrogen) atoms. The molecule has 6 heteroatoms. The number of piperidine rings is 1. The average Bonchev–Trinajstić information content (AvgIpc) is 2.33. The third-order valence-electron chi connectivity index (χ3n) is 3.77.